The van der Waals surface area contributed by atoms with Crippen LogP contribution in [0.4, 0.5) is 0 Å². The van der Waals surface area contributed by atoms with Crippen molar-refractivity contribution in [3.63, 3.8) is 0 Å². The maximum Gasteiger partial charge on any atom is 0.338 e. The summed E-state index contributed by atoms with van der Waals surface area (Å²) in [7, 11) is 1.38. The van der Waals surface area contributed by atoms with Crippen LogP contribution in [-0.4, -0.2) is 55.7 Å². The highest BCUT2D eigenvalue weighted by Crippen LogP contribution is 2.33. The molecule has 196 valence electrons. The summed E-state index contributed by atoms with van der Waals surface area (Å²) in [6, 6.07) is 25.2. The first-order valence-corrected chi connectivity index (χ1v) is 12.1. The molecule has 1 aliphatic rings. The number of carbonyl (C=O) groups excluding carboxylic acids is 3. The van der Waals surface area contributed by atoms with Gasteiger partial charge in [0.15, 0.2) is 18.5 Å². The van der Waals surface area contributed by atoms with Crippen molar-refractivity contribution in [1.82, 2.24) is 0 Å². The fourth-order valence-corrected chi connectivity index (χ4v) is 4.12. The summed E-state index contributed by atoms with van der Waals surface area (Å²) in [6.07, 6.45) is -3.60. The van der Waals surface area contributed by atoms with Crippen molar-refractivity contribution in [3.8, 4) is 0 Å². The predicted octanol–water partition coefficient (Wildman–Crippen LogP) is 4.61. The average Bonchev–Trinajstić information content (AvgIpc) is 3.30. The molecule has 3 aromatic carbocycles. The Bertz CT molecular complexity index is 1230. The standard InChI is InChI=1S/C30H28O8/c1-3-13-23(35-27(31)20-14-7-4-8-15-20)24-25(36-28(32)21-16-9-5-10-17-21)26(30(34-2)38-24)37-29(33)22-18-11-6-12-19-22/h3-12,14-19,23-26,30H,1,13H2,2H3/t23-,24-,25-,26-,30-/m1/s1. The van der Waals surface area contributed by atoms with E-state index in [1.807, 2.05) is 0 Å². The van der Waals surface area contributed by atoms with Crippen molar-refractivity contribution in [2.75, 3.05) is 7.11 Å². The zero-order valence-corrected chi connectivity index (χ0v) is 20.8. The molecule has 8 heteroatoms. The first-order chi connectivity index (χ1) is 18.5. The van der Waals surface area contributed by atoms with Crippen LogP contribution < -0.4 is 0 Å². The minimum atomic E-state index is -1.16. The van der Waals surface area contributed by atoms with E-state index in [1.165, 1.54) is 7.11 Å². The lowest BCUT2D eigenvalue weighted by Crippen LogP contribution is -2.45. The number of carbonyl (C=O) groups is 3. The van der Waals surface area contributed by atoms with Crippen LogP contribution in [0.25, 0.3) is 0 Å². The summed E-state index contributed by atoms with van der Waals surface area (Å²) < 4.78 is 28.9. The predicted molar refractivity (Wildman–Crippen MR) is 137 cm³/mol. The molecule has 0 saturated carbocycles. The Hall–Kier alpha value is -4.27. The Morgan fingerprint density at radius 1 is 0.763 bits per heavy atom. The normalized spacial score (nSPS) is 21.2. The number of rotatable bonds is 10. The van der Waals surface area contributed by atoms with Crippen LogP contribution >= 0.6 is 0 Å². The second-order valence-electron chi connectivity index (χ2n) is 8.51. The van der Waals surface area contributed by atoms with E-state index in [9.17, 15) is 14.4 Å². The number of hydrogen-bond donors (Lipinski definition) is 0. The van der Waals surface area contributed by atoms with E-state index in [1.54, 1.807) is 97.1 Å². The average molecular weight is 517 g/mol. The van der Waals surface area contributed by atoms with Gasteiger partial charge in [-0.05, 0) is 36.4 Å². The molecular weight excluding hydrogens is 488 g/mol. The Morgan fingerprint density at radius 3 is 1.66 bits per heavy atom. The van der Waals surface area contributed by atoms with Gasteiger partial charge in [0.2, 0.25) is 0 Å². The lowest BCUT2D eigenvalue weighted by molar-refractivity contribution is -0.164. The molecule has 0 aromatic heterocycles. The third kappa shape index (κ3) is 6.34. The van der Waals surface area contributed by atoms with Crippen molar-refractivity contribution >= 4 is 17.9 Å². The molecule has 8 nitrogen and oxygen atoms in total. The summed E-state index contributed by atoms with van der Waals surface area (Å²) >= 11 is 0. The summed E-state index contributed by atoms with van der Waals surface area (Å²) in [5.41, 5.74) is 0.937. The molecule has 5 atom stereocenters. The monoisotopic (exact) mass is 516 g/mol. The van der Waals surface area contributed by atoms with Gasteiger partial charge in [0.1, 0.15) is 12.2 Å². The van der Waals surface area contributed by atoms with E-state index >= 15 is 0 Å². The second-order valence-corrected chi connectivity index (χ2v) is 8.51. The fraction of sp³-hybridized carbons (Fsp3) is 0.233. The molecule has 0 radical (unpaired) electrons. The minimum absolute atomic E-state index is 0.179. The van der Waals surface area contributed by atoms with Gasteiger partial charge >= 0.3 is 17.9 Å². The van der Waals surface area contributed by atoms with Gasteiger partial charge in [-0.1, -0.05) is 60.7 Å². The topological polar surface area (TPSA) is 97.4 Å². The minimum Gasteiger partial charge on any atom is -0.456 e. The molecule has 0 aliphatic carbocycles. The van der Waals surface area contributed by atoms with E-state index in [0.717, 1.165) is 0 Å². The molecule has 1 aliphatic heterocycles. The van der Waals surface area contributed by atoms with Crippen molar-refractivity contribution < 1.29 is 38.1 Å². The van der Waals surface area contributed by atoms with Crippen molar-refractivity contribution in [1.29, 1.82) is 0 Å². The van der Waals surface area contributed by atoms with Crippen molar-refractivity contribution in [2.45, 2.75) is 37.1 Å². The molecule has 1 saturated heterocycles. The number of ether oxygens (including phenoxy) is 5. The van der Waals surface area contributed by atoms with Gasteiger partial charge in [-0.25, -0.2) is 14.4 Å². The molecule has 4 rings (SSSR count). The highest BCUT2D eigenvalue weighted by atomic mass is 16.7. The van der Waals surface area contributed by atoms with Crippen LogP contribution in [0.2, 0.25) is 0 Å². The van der Waals surface area contributed by atoms with Crippen molar-refractivity contribution in [2.24, 2.45) is 0 Å². The first-order valence-electron chi connectivity index (χ1n) is 12.1. The summed E-state index contributed by atoms with van der Waals surface area (Å²) in [4.78, 5) is 38.9. The zero-order valence-electron chi connectivity index (χ0n) is 20.8. The Kier molecular flexibility index (Phi) is 9.02. The highest BCUT2D eigenvalue weighted by Gasteiger charge is 2.53. The third-order valence-electron chi connectivity index (χ3n) is 5.98. The van der Waals surface area contributed by atoms with Gasteiger partial charge in [0.25, 0.3) is 0 Å². The molecular formula is C30H28O8. The van der Waals surface area contributed by atoms with Crippen LogP contribution in [0, 0.1) is 0 Å². The smallest absolute Gasteiger partial charge is 0.338 e. The third-order valence-corrected chi connectivity index (χ3v) is 5.98. The maximum atomic E-state index is 13.1. The van der Waals surface area contributed by atoms with E-state index in [4.69, 9.17) is 23.7 Å². The zero-order chi connectivity index (χ0) is 26.9. The maximum absolute atomic E-state index is 13.1. The first kappa shape index (κ1) is 26.8. The molecule has 38 heavy (non-hydrogen) atoms. The van der Waals surface area contributed by atoms with Gasteiger partial charge in [-0.3, -0.25) is 0 Å². The van der Waals surface area contributed by atoms with E-state index in [-0.39, 0.29) is 6.42 Å². The summed E-state index contributed by atoms with van der Waals surface area (Å²) in [6.45, 7) is 3.76. The van der Waals surface area contributed by atoms with Crippen LogP contribution in [0.1, 0.15) is 37.5 Å². The molecule has 1 fully saturated rings. The molecule has 3 aromatic rings. The van der Waals surface area contributed by atoms with Gasteiger partial charge < -0.3 is 23.7 Å². The van der Waals surface area contributed by atoms with E-state index in [2.05, 4.69) is 6.58 Å². The van der Waals surface area contributed by atoms with E-state index in [0.29, 0.717) is 16.7 Å². The molecule has 0 spiro atoms. The largest absolute Gasteiger partial charge is 0.456 e. The number of benzene rings is 3. The van der Waals surface area contributed by atoms with Gasteiger partial charge in [0.05, 0.1) is 16.7 Å². The Labute approximate surface area is 220 Å². The van der Waals surface area contributed by atoms with Crippen LogP contribution in [0.3, 0.4) is 0 Å². The number of esters is 3. The van der Waals surface area contributed by atoms with E-state index < -0.39 is 48.6 Å². The van der Waals surface area contributed by atoms with Crippen LogP contribution in [-0.2, 0) is 23.7 Å². The molecule has 0 amide bonds. The number of methoxy groups -OCH3 is 1. The second kappa shape index (κ2) is 12.8. The van der Waals surface area contributed by atoms with Crippen molar-refractivity contribution in [3.05, 3.63) is 120 Å². The Morgan fingerprint density at radius 2 is 1.21 bits per heavy atom. The molecule has 0 unspecified atom stereocenters. The SMILES string of the molecule is C=CC[C@@H](OC(=O)c1ccccc1)[C@H]1O[C@@H](OC)[C@H](OC(=O)c2ccccc2)[C@@H]1OC(=O)c1ccccc1. The quantitative estimate of drug-likeness (QED) is 0.219. The van der Waals surface area contributed by atoms with Gasteiger partial charge in [-0.15, -0.1) is 6.58 Å². The molecule has 0 bridgehead atoms. The lowest BCUT2D eigenvalue weighted by atomic mass is 10.0. The van der Waals surface area contributed by atoms with Gasteiger partial charge in [0, 0.05) is 13.5 Å². The summed E-state index contributed by atoms with van der Waals surface area (Å²) in [5.74, 6) is -1.90. The van der Waals surface area contributed by atoms with Crippen LogP contribution in [0.5, 0.6) is 0 Å². The number of hydrogen-bond acceptors (Lipinski definition) is 8. The lowest BCUT2D eigenvalue weighted by Gasteiger charge is -2.28. The van der Waals surface area contributed by atoms with Gasteiger partial charge in [-0.2, -0.15) is 0 Å². The Balaban J connectivity index is 1.64. The fourth-order valence-electron chi connectivity index (χ4n) is 4.12. The molecule has 1 heterocycles. The molecule has 0 N–H and O–H groups in total. The summed E-state index contributed by atoms with van der Waals surface area (Å²) in [5, 5.41) is 0. The highest BCUT2D eigenvalue weighted by molar-refractivity contribution is 5.91. The van der Waals surface area contributed by atoms with Crippen LogP contribution in [0.15, 0.2) is 104 Å².